The van der Waals surface area contributed by atoms with Crippen LogP contribution in [0.15, 0.2) is 28.8 Å². The van der Waals surface area contributed by atoms with Crippen molar-refractivity contribution in [2.24, 2.45) is 0 Å². The molecule has 2 aromatic rings. The van der Waals surface area contributed by atoms with Gasteiger partial charge in [0.05, 0.1) is 0 Å². The Labute approximate surface area is 124 Å². The van der Waals surface area contributed by atoms with Crippen LogP contribution in [-0.4, -0.2) is 24.3 Å². The van der Waals surface area contributed by atoms with Gasteiger partial charge in [0.1, 0.15) is 5.60 Å². The lowest BCUT2D eigenvalue weighted by molar-refractivity contribution is -0.0527. The van der Waals surface area contributed by atoms with Crippen molar-refractivity contribution < 1.29 is 9.26 Å². The highest BCUT2D eigenvalue weighted by Gasteiger charge is 2.38. The van der Waals surface area contributed by atoms with Crippen molar-refractivity contribution in [2.45, 2.75) is 37.7 Å². The molecule has 1 heterocycles. The van der Waals surface area contributed by atoms with E-state index in [1.54, 1.807) is 7.11 Å². The van der Waals surface area contributed by atoms with Gasteiger partial charge in [-0.25, -0.2) is 0 Å². The molecule has 5 heteroatoms. The average molecular weight is 287 g/mol. The van der Waals surface area contributed by atoms with Crippen LogP contribution in [-0.2, 0) is 10.3 Å². The Kier molecular flexibility index (Phi) is 3.92. The number of hydrogen-bond donors (Lipinski definition) is 1. The van der Waals surface area contributed by atoms with Crippen molar-refractivity contribution in [1.29, 1.82) is 0 Å². The summed E-state index contributed by atoms with van der Waals surface area (Å²) in [6, 6.07) is 7.94. The molecule has 1 N–H and O–H groups in total. The number of aromatic nitrogens is 2. The van der Waals surface area contributed by atoms with Crippen LogP contribution in [0.3, 0.4) is 0 Å². The summed E-state index contributed by atoms with van der Waals surface area (Å²) in [5.41, 5.74) is 1.61. The molecule has 0 saturated heterocycles. The minimum Gasteiger partial charge on any atom is -0.388 e. The van der Waals surface area contributed by atoms with Gasteiger partial charge in [0, 0.05) is 25.4 Å². The van der Waals surface area contributed by atoms with Crippen molar-refractivity contribution in [3.63, 3.8) is 0 Å². The molecule has 0 unspecified atom stereocenters. The largest absolute Gasteiger partial charge is 0.388 e. The third-order valence-corrected chi connectivity index (χ3v) is 4.31. The van der Waals surface area contributed by atoms with Gasteiger partial charge < -0.3 is 14.6 Å². The van der Waals surface area contributed by atoms with E-state index in [-0.39, 0.29) is 5.60 Å². The topological polar surface area (TPSA) is 60.2 Å². The van der Waals surface area contributed by atoms with E-state index in [9.17, 15) is 0 Å². The second-order valence-electron chi connectivity index (χ2n) is 5.51. The van der Waals surface area contributed by atoms with Gasteiger partial charge in [-0.1, -0.05) is 24.4 Å². The fourth-order valence-electron chi connectivity index (χ4n) is 2.95. The molecule has 3 rings (SSSR count). The van der Waals surface area contributed by atoms with Crippen LogP contribution in [0.4, 0.5) is 5.69 Å². The van der Waals surface area contributed by atoms with E-state index in [1.165, 1.54) is 6.42 Å². The minimum absolute atomic E-state index is 0.370. The van der Waals surface area contributed by atoms with Crippen LogP contribution in [0, 0.1) is 0 Å². The van der Waals surface area contributed by atoms with Crippen LogP contribution < -0.4 is 5.32 Å². The molecule has 0 aliphatic heterocycles. The predicted molar refractivity (Wildman–Crippen MR) is 81.1 cm³/mol. The molecule has 0 bridgehead atoms. The van der Waals surface area contributed by atoms with E-state index in [0.29, 0.717) is 11.7 Å². The number of ether oxygens (including phenoxy) is 1. The third-order valence-electron chi connectivity index (χ3n) is 4.31. The monoisotopic (exact) mass is 287 g/mol. The molecule has 1 aliphatic rings. The zero-order valence-corrected chi connectivity index (χ0v) is 12.6. The summed E-state index contributed by atoms with van der Waals surface area (Å²) < 4.78 is 11.2. The van der Waals surface area contributed by atoms with E-state index in [1.807, 2.05) is 31.3 Å². The quantitative estimate of drug-likeness (QED) is 0.931. The summed E-state index contributed by atoms with van der Waals surface area (Å²) in [5.74, 6) is 1.23. The van der Waals surface area contributed by atoms with Crippen LogP contribution >= 0.6 is 0 Å². The first-order valence-corrected chi connectivity index (χ1v) is 7.45. The van der Waals surface area contributed by atoms with Gasteiger partial charge in [-0.05, 0) is 37.1 Å². The maximum Gasteiger partial charge on any atom is 0.258 e. The molecule has 0 spiro atoms. The van der Waals surface area contributed by atoms with Crippen molar-refractivity contribution in [1.82, 2.24) is 10.1 Å². The Balaban J connectivity index is 1.87. The molecule has 1 saturated carbocycles. The van der Waals surface area contributed by atoms with Crippen LogP contribution in [0.5, 0.6) is 0 Å². The normalized spacial score (nSPS) is 17.6. The van der Waals surface area contributed by atoms with E-state index in [4.69, 9.17) is 9.26 Å². The smallest absolute Gasteiger partial charge is 0.258 e. The Morgan fingerprint density at radius 1 is 1.14 bits per heavy atom. The third kappa shape index (κ3) is 2.65. The number of rotatable bonds is 4. The second kappa shape index (κ2) is 5.85. The van der Waals surface area contributed by atoms with Crippen molar-refractivity contribution in [3.05, 3.63) is 30.1 Å². The first-order valence-electron chi connectivity index (χ1n) is 7.45. The lowest BCUT2D eigenvalue weighted by Crippen LogP contribution is -2.32. The second-order valence-corrected chi connectivity index (χ2v) is 5.51. The van der Waals surface area contributed by atoms with Crippen LogP contribution in [0.25, 0.3) is 11.5 Å². The molecule has 0 radical (unpaired) electrons. The van der Waals surface area contributed by atoms with Gasteiger partial charge in [0.15, 0.2) is 0 Å². The number of hydrogen-bond acceptors (Lipinski definition) is 5. The highest BCUT2D eigenvalue weighted by Crippen LogP contribution is 2.39. The number of nitrogens with one attached hydrogen (secondary N) is 1. The maximum absolute atomic E-state index is 5.76. The Bertz CT molecular complexity index is 586. The SMILES string of the molecule is CNc1ccc(-c2nc(C3(OC)CCCCC3)no2)cc1. The standard InChI is InChI=1S/C16H21N3O2/c1-17-13-8-6-12(7-9-13)14-18-15(19-21-14)16(20-2)10-4-3-5-11-16/h6-9,17H,3-5,10-11H2,1-2H3. The van der Waals surface area contributed by atoms with Crippen molar-refractivity contribution in [3.8, 4) is 11.5 Å². The van der Waals surface area contributed by atoms with Gasteiger partial charge in [-0.15, -0.1) is 0 Å². The molecular weight excluding hydrogens is 266 g/mol. The van der Waals surface area contributed by atoms with E-state index < -0.39 is 0 Å². The number of nitrogens with zero attached hydrogens (tertiary/aromatic N) is 2. The lowest BCUT2D eigenvalue weighted by atomic mass is 9.84. The molecule has 21 heavy (non-hydrogen) atoms. The summed E-state index contributed by atoms with van der Waals surface area (Å²) in [5, 5.41) is 7.27. The van der Waals surface area contributed by atoms with Crippen molar-refractivity contribution in [2.75, 3.05) is 19.5 Å². The first kappa shape index (κ1) is 14.1. The summed E-state index contributed by atoms with van der Waals surface area (Å²) in [6.45, 7) is 0. The molecule has 1 aromatic carbocycles. The summed E-state index contributed by atoms with van der Waals surface area (Å²) in [7, 11) is 3.63. The molecule has 5 nitrogen and oxygen atoms in total. The number of anilines is 1. The van der Waals surface area contributed by atoms with Gasteiger partial charge >= 0.3 is 0 Å². The molecule has 112 valence electrons. The zero-order chi connectivity index (χ0) is 14.7. The Morgan fingerprint density at radius 3 is 2.48 bits per heavy atom. The van der Waals surface area contributed by atoms with Gasteiger partial charge in [-0.2, -0.15) is 4.98 Å². The maximum atomic E-state index is 5.76. The zero-order valence-electron chi connectivity index (χ0n) is 12.6. The fourth-order valence-corrected chi connectivity index (χ4v) is 2.95. The molecular formula is C16H21N3O2. The molecule has 0 atom stereocenters. The first-order chi connectivity index (χ1) is 10.3. The summed E-state index contributed by atoms with van der Waals surface area (Å²) in [6.07, 6.45) is 5.47. The van der Waals surface area contributed by atoms with Crippen LogP contribution in [0.1, 0.15) is 37.9 Å². The van der Waals surface area contributed by atoms with Gasteiger partial charge in [0.2, 0.25) is 5.82 Å². The molecule has 1 fully saturated rings. The Morgan fingerprint density at radius 2 is 1.86 bits per heavy atom. The predicted octanol–water partition coefficient (Wildman–Crippen LogP) is 3.58. The highest BCUT2D eigenvalue weighted by molar-refractivity contribution is 5.58. The fraction of sp³-hybridized carbons (Fsp3) is 0.500. The molecule has 1 aliphatic carbocycles. The number of methoxy groups -OCH3 is 1. The highest BCUT2D eigenvalue weighted by atomic mass is 16.5. The number of benzene rings is 1. The Hall–Kier alpha value is -1.88. The summed E-state index contributed by atoms with van der Waals surface area (Å²) in [4.78, 5) is 4.58. The van der Waals surface area contributed by atoms with Gasteiger partial charge in [-0.3, -0.25) is 0 Å². The van der Waals surface area contributed by atoms with E-state index in [2.05, 4.69) is 15.5 Å². The van der Waals surface area contributed by atoms with E-state index in [0.717, 1.165) is 36.9 Å². The van der Waals surface area contributed by atoms with E-state index >= 15 is 0 Å². The van der Waals surface area contributed by atoms with Crippen molar-refractivity contribution >= 4 is 5.69 Å². The molecule has 0 amide bonds. The summed E-state index contributed by atoms with van der Waals surface area (Å²) >= 11 is 0. The average Bonchev–Trinajstić information content (AvgIpc) is 3.06. The van der Waals surface area contributed by atoms with Gasteiger partial charge in [0.25, 0.3) is 5.89 Å². The minimum atomic E-state index is -0.370. The lowest BCUT2D eigenvalue weighted by Gasteiger charge is -2.32. The molecule has 1 aromatic heterocycles. The van der Waals surface area contributed by atoms with Crippen LogP contribution in [0.2, 0.25) is 0 Å².